The Kier molecular flexibility index (Phi) is 3.76. The van der Waals surface area contributed by atoms with Gasteiger partial charge >= 0.3 is 0 Å². The number of hydrogen-bond acceptors (Lipinski definition) is 4. The second-order valence-electron chi connectivity index (χ2n) is 2.94. The maximum absolute atomic E-state index is 5.50. The number of halogens is 1. The molecular formula is C10H10INO2S. The highest BCUT2D eigenvalue weighted by Gasteiger charge is 2.02. The molecule has 0 saturated heterocycles. The van der Waals surface area contributed by atoms with Crippen molar-refractivity contribution in [3.8, 4) is 5.75 Å². The summed E-state index contributed by atoms with van der Waals surface area (Å²) in [5.41, 5.74) is 0.999. The van der Waals surface area contributed by atoms with Crippen LogP contribution in [0.2, 0.25) is 0 Å². The number of nitrogens with zero attached hydrogens (tertiary/aromatic N) is 1. The Balaban J connectivity index is 2.15. The number of methoxy groups -OCH3 is 1. The third kappa shape index (κ3) is 2.79. The molecule has 3 nitrogen and oxygen atoms in total. The predicted molar refractivity (Wildman–Crippen MR) is 69.7 cm³/mol. The van der Waals surface area contributed by atoms with E-state index in [2.05, 4.69) is 27.6 Å². The van der Waals surface area contributed by atoms with Crippen molar-refractivity contribution in [1.29, 1.82) is 0 Å². The first kappa shape index (κ1) is 11.1. The molecule has 1 aromatic carbocycles. The molecule has 0 fully saturated rings. The molecule has 0 bridgehead atoms. The van der Waals surface area contributed by atoms with Crippen LogP contribution in [0.15, 0.2) is 18.2 Å². The van der Waals surface area contributed by atoms with Gasteiger partial charge in [-0.25, -0.2) is 4.98 Å². The first-order valence-corrected chi connectivity index (χ1v) is 6.37. The van der Waals surface area contributed by atoms with E-state index in [0.717, 1.165) is 14.3 Å². The van der Waals surface area contributed by atoms with Crippen LogP contribution in [0.3, 0.4) is 0 Å². The van der Waals surface area contributed by atoms with Gasteiger partial charge in [0.25, 0.3) is 0 Å². The Labute approximate surface area is 106 Å². The van der Waals surface area contributed by atoms with Crippen LogP contribution < -0.4 is 4.74 Å². The smallest absolute Gasteiger partial charge is 0.155 e. The Morgan fingerprint density at radius 3 is 3.07 bits per heavy atom. The molecule has 2 aromatic rings. The van der Waals surface area contributed by atoms with Gasteiger partial charge in [-0.3, -0.25) is 0 Å². The van der Waals surface area contributed by atoms with Gasteiger partial charge in [-0.05, 0) is 34.7 Å². The van der Waals surface area contributed by atoms with Crippen LogP contribution in [0, 0.1) is 3.01 Å². The number of fused-ring (bicyclic) bond motifs is 1. The largest absolute Gasteiger partial charge is 0.491 e. The predicted octanol–water partition coefficient (Wildman–Crippen LogP) is 2.93. The van der Waals surface area contributed by atoms with Crippen molar-refractivity contribution < 1.29 is 9.47 Å². The molecule has 0 unspecified atom stereocenters. The van der Waals surface area contributed by atoms with Crippen LogP contribution in [-0.4, -0.2) is 25.3 Å². The molecular weight excluding hydrogens is 325 g/mol. The lowest BCUT2D eigenvalue weighted by Crippen LogP contribution is -2.03. The van der Waals surface area contributed by atoms with Gasteiger partial charge < -0.3 is 9.47 Å². The summed E-state index contributed by atoms with van der Waals surface area (Å²) >= 11 is 3.91. The van der Waals surface area contributed by atoms with E-state index in [1.807, 2.05) is 18.2 Å². The van der Waals surface area contributed by atoms with Gasteiger partial charge in [-0.2, -0.15) is 0 Å². The fourth-order valence-electron chi connectivity index (χ4n) is 1.21. The Morgan fingerprint density at radius 1 is 1.40 bits per heavy atom. The zero-order chi connectivity index (χ0) is 10.7. The molecule has 1 heterocycles. The fraction of sp³-hybridized carbons (Fsp3) is 0.300. The summed E-state index contributed by atoms with van der Waals surface area (Å²) in [7, 11) is 1.66. The summed E-state index contributed by atoms with van der Waals surface area (Å²) in [6, 6.07) is 5.97. The van der Waals surface area contributed by atoms with Crippen molar-refractivity contribution in [2.24, 2.45) is 0 Å². The van der Waals surface area contributed by atoms with E-state index in [1.54, 1.807) is 18.4 Å². The lowest BCUT2D eigenvalue weighted by molar-refractivity contribution is 0.146. The fourth-order valence-corrected chi connectivity index (χ4v) is 2.85. The first-order chi connectivity index (χ1) is 7.29. The van der Waals surface area contributed by atoms with E-state index in [4.69, 9.17) is 9.47 Å². The molecule has 0 radical (unpaired) electrons. The highest BCUT2D eigenvalue weighted by molar-refractivity contribution is 14.1. The highest BCUT2D eigenvalue weighted by Crippen LogP contribution is 2.26. The van der Waals surface area contributed by atoms with E-state index in [9.17, 15) is 0 Å². The third-order valence-corrected chi connectivity index (χ3v) is 3.62. The monoisotopic (exact) mass is 335 g/mol. The van der Waals surface area contributed by atoms with Gasteiger partial charge in [-0.15, -0.1) is 11.3 Å². The Morgan fingerprint density at radius 2 is 2.27 bits per heavy atom. The van der Waals surface area contributed by atoms with E-state index in [0.29, 0.717) is 13.2 Å². The molecule has 1 aromatic heterocycles. The molecule has 0 aliphatic rings. The topological polar surface area (TPSA) is 31.4 Å². The Hall–Kier alpha value is -0.400. The van der Waals surface area contributed by atoms with Gasteiger partial charge in [0.1, 0.15) is 12.4 Å². The minimum absolute atomic E-state index is 0.573. The summed E-state index contributed by atoms with van der Waals surface area (Å²) < 4.78 is 12.7. The zero-order valence-electron chi connectivity index (χ0n) is 8.20. The number of rotatable bonds is 4. The van der Waals surface area contributed by atoms with Gasteiger partial charge in [0.15, 0.2) is 3.01 Å². The maximum Gasteiger partial charge on any atom is 0.155 e. The second kappa shape index (κ2) is 5.09. The quantitative estimate of drug-likeness (QED) is 0.636. The molecule has 0 aliphatic heterocycles. The average Bonchev–Trinajstić information content (AvgIpc) is 2.57. The highest BCUT2D eigenvalue weighted by atomic mass is 127. The molecule has 0 saturated carbocycles. The maximum atomic E-state index is 5.50. The SMILES string of the molecule is COCCOc1ccc2sc(I)nc2c1. The van der Waals surface area contributed by atoms with Crippen molar-refractivity contribution in [2.75, 3.05) is 20.3 Å². The standard InChI is InChI=1S/C10H10INO2S/c1-13-4-5-14-7-2-3-9-8(6-7)12-10(11)15-9/h2-3,6H,4-5H2,1H3. The molecule has 5 heteroatoms. The van der Waals surface area contributed by atoms with Gasteiger partial charge in [0, 0.05) is 13.2 Å². The van der Waals surface area contributed by atoms with Crippen molar-refractivity contribution >= 4 is 44.1 Å². The summed E-state index contributed by atoms with van der Waals surface area (Å²) in [5, 5.41) is 0. The van der Waals surface area contributed by atoms with Crippen molar-refractivity contribution in [1.82, 2.24) is 4.98 Å². The van der Waals surface area contributed by atoms with E-state index < -0.39 is 0 Å². The van der Waals surface area contributed by atoms with Crippen LogP contribution in [-0.2, 0) is 4.74 Å². The second-order valence-corrected chi connectivity index (χ2v) is 5.72. The number of benzene rings is 1. The minimum atomic E-state index is 0.573. The molecule has 0 atom stereocenters. The molecule has 0 amide bonds. The molecule has 80 valence electrons. The van der Waals surface area contributed by atoms with E-state index >= 15 is 0 Å². The summed E-state index contributed by atoms with van der Waals surface area (Å²) in [6.07, 6.45) is 0. The summed E-state index contributed by atoms with van der Waals surface area (Å²) in [6.45, 7) is 1.18. The number of hydrogen-bond donors (Lipinski definition) is 0. The number of aromatic nitrogens is 1. The van der Waals surface area contributed by atoms with Crippen molar-refractivity contribution in [3.05, 3.63) is 21.2 Å². The van der Waals surface area contributed by atoms with Crippen molar-refractivity contribution in [2.45, 2.75) is 0 Å². The Bertz CT molecular complexity index is 458. The van der Waals surface area contributed by atoms with Crippen LogP contribution in [0.5, 0.6) is 5.75 Å². The molecule has 0 aliphatic carbocycles. The van der Waals surface area contributed by atoms with Crippen molar-refractivity contribution in [3.63, 3.8) is 0 Å². The van der Waals surface area contributed by atoms with Gasteiger partial charge in [-0.1, -0.05) is 0 Å². The van der Waals surface area contributed by atoms with E-state index in [1.165, 1.54) is 4.70 Å². The van der Waals surface area contributed by atoms with Crippen LogP contribution in [0.25, 0.3) is 10.2 Å². The minimum Gasteiger partial charge on any atom is -0.491 e. The van der Waals surface area contributed by atoms with Crippen LogP contribution in [0.1, 0.15) is 0 Å². The third-order valence-electron chi connectivity index (χ3n) is 1.89. The first-order valence-electron chi connectivity index (χ1n) is 4.47. The van der Waals surface area contributed by atoms with Gasteiger partial charge in [0.05, 0.1) is 16.8 Å². The average molecular weight is 335 g/mol. The number of ether oxygens (including phenoxy) is 2. The van der Waals surface area contributed by atoms with Crippen LogP contribution in [0.4, 0.5) is 0 Å². The summed E-state index contributed by atoms with van der Waals surface area (Å²) in [5.74, 6) is 0.848. The van der Waals surface area contributed by atoms with Gasteiger partial charge in [0.2, 0.25) is 0 Å². The number of thiazole rings is 1. The lowest BCUT2D eigenvalue weighted by Gasteiger charge is -2.04. The zero-order valence-corrected chi connectivity index (χ0v) is 11.2. The normalized spacial score (nSPS) is 10.8. The molecule has 15 heavy (non-hydrogen) atoms. The lowest BCUT2D eigenvalue weighted by atomic mass is 10.3. The molecule has 0 N–H and O–H groups in total. The molecule has 2 rings (SSSR count). The van der Waals surface area contributed by atoms with Crippen LogP contribution >= 0.6 is 33.9 Å². The van der Waals surface area contributed by atoms with E-state index in [-0.39, 0.29) is 0 Å². The summed E-state index contributed by atoms with van der Waals surface area (Å²) in [4.78, 5) is 4.40. The molecule has 0 spiro atoms.